The highest BCUT2D eigenvalue weighted by molar-refractivity contribution is 9.10. The first-order valence-electron chi connectivity index (χ1n) is 5.82. The van der Waals surface area contributed by atoms with Gasteiger partial charge in [-0.05, 0) is 25.7 Å². The summed E-state index contributed by atoms with van der Waals surface area (Å²) in [6.07, 6.45) is 2.83. The van der Waals surface area contributed by atoms with E-state index in [0.717, 1.165) is 32.1 Å². The van der Waals surface area contributed by atoms with Gasteiger partial charge in [0.1, 0.15) is 0 Å². The summed E-state index contributed by atoms with van der Waals surface area (Å²) < 4.78 is 0. The molecule has 0 N–H and O–H groups in total. The van der Waals surface area contributed by atoms with E-state index in [0.29, 0.717) is 0 Å². The summed E-state index contributed by atoms with van der Waals surface area (Å²) in [5.41, 5.74) is 0. The van der Waals surface area contributed by atoms with Gasteiger partial charge in [0.25, 0.3) is 0 Å². The van der Waals surface area contributed by atoms with Crippen molar-refractivity contribution in [3.63, 3.8) is 0 Å². The Balaban J connectivity index is 1.73. The molecule has 0 radical (unpaired) electrons. The molecule has 1 heterocycles. The highest BCUT2D eigenvalue weighted by Crippen LogP contribution is 2.29. The van der Waals surface area contributed by atoms with Crippen LogP contribution in [0, 0.1) is 5.92 Å². The molecule has 1 atom stereocenters. The van der Waals surface area contributed by atoms with Gasteiger partial charge in [-0.15, -0.1) is 0 Å². The molecule has 15 heavy (non-hydrogen) atoms. The quantitative estimate of drug-likeness (QED) is 0.725. The molecule has 0 aromatic heterocycles. The Morgan fingerprint density at radius 3 is 2.40 bits per heavy atom. The standard InChI is InChI=1S/C11H19BrN2O/c1-9(12)11(15)14-6-4-13(5-7-14)8-10-2-3-10/h9-10H,2-8H2,1H3. The second-order valence-corrected chi connectivity index (χ2v) is 6.06. The Morgan fingerprint density at radius 2 is 1.93 bits per heavy atom. The lowest BCUT2D eigenvalue weighted by Crippen LogP contribution is -2.50. The fraction of sp³-hybridized carbons (Fsp3) is 0.909. The summed E-state index contributed by atoms with van der Waals surface area (Å²) in [5, 5.41) is 0. The monoisotopic (exact) mass is 274 g/mol. The minimum Gasteiger partial charge on any atom is -0.339 e. The first kappa shape index (κ1) is 11.4. The highest BCUT2D eigenvalue weighted by Gasteiger charge is 2.28. The van der Waals surface area contributed by atoms with E-state index in [9.17, 15) is 4.79 Å². The maximum atomic E-state index is 11.7. The number of amides is 1. The largest absolute Gasteiger partial charge is 0.339 e. The van der Waals surface area contributed by atoms with E-state index in [4.69, 9.17) is 0 Å². The van der Waals surface area contributed by atoms with Crippen molar-refractivity contribution >= 4 is 21.8 Å². The third-order valence-corrected chi connectivity index (χ3v) is 3.63. The Bertz CT molecular complexity index is 233. The third-order valence-electron chi connectivity index (χ3n) is 3.24. The van der Waals surface area contributed by atoms with E-state index in [1.165, 1.54) is 19.4 Å². The van der Waals surface area contributed by atoms with Crippen LogP contribution in [0.2, 0.25) is 0 Å². The van der Waals surface area contributed by atoms with Crippen molar-refractivity contribution in [2.75, 3.05) is 32.7 Å². The molecule has 0 bridgehead atoms. The lowest BCUT2D eigenvalue weighted by molar-refractivity contribution is -0.131. The van der Waals surface area contributed by atoms with Gasteiger partial charge >= 0.3 is 0 Å². The van der Waals surface area contributed by atoms with Crippen LogP contribution in [0.3, 0.4) is 0 Å². The summed E-state index contributed by atoms with van der Waals surface area (Å²) in [7, 11) is 0. The fourth-order valence-corrected chi connectivity index (χ4v) is 2.36. The smallest absolute Gasteiger partial charge is 0.236 e. The number of nitrogens with zero attached hydrogens (tertiary/aromatic N) is 2. The predicted octanol–water partition coefficient (Wildman–Crippen LogP) is 1.32. The number of alkyl halides is 1. The molecule has 0 aromatic rings. The Hall–Kier alpha value is -0.0900. The van der Waals surface area contributed by atoms with Crippen LogP contribution in [0.15, 0.2) is 0 Å². The highest BCUT2D eigenvalue weighted by atomic mass is 79.9. The molecular weight excluding hydrogens is 256 g/mol. The molecule has 1 saturated heterocycles. The summed E-state index contributed by atoms with van der Waals surface area (Å²) in [6, 6.07) is 0. The molecule has 86 valence electrons. The normalized spacial score (nSPS) is 25.3. The van der Waals surface area contributed by atoms with Gasteiger partial charge in [0.15, 0.2) is 0 Å². The predicted molar refractivity (Wildman–Crippen MR) is 64.1 cm³/mol. The minimum absolute atomic E-state index is 0.0347. The summed E-state index contributed by atoms with van der Waals surface area (Å²) in [5.74, 6) is 1.20. The van der Waals surface area contributed by atoms with E-state index in [1.807, 2.05) is 11.8 Å². The maximum Gasteiger partial charge on any atom is 0.236 e. The molecular formula is C11H19BrN2O. The Kier molecular flexibility index (Phi) is 3.67. The van der Waals surface area contributed by atoms with Gasteiger partial charge in [-0.25, -0.2) is 0 Å². The average molecular weight is 275 g/mol. The number of hydrogen-bond donors (Lipinski definition) is 0. The van der Waals surface area contributed by atoms with Crippen LogP contribution >= 0.6 is 15.9 Å². The third kappa shape index (κ3) is 3.18. The minimum atomic E-state index is -0.0347. The van der Waals surface area contributed by atoms with Crippen LogP contribution in [-0.2, 0) is 4.79 Å². The average Bonchev–Trinajstić information content (AvgIpc) is 3.02. The number of piperazine rings is 1. The molecule has 0 aromatic carbocycles. The van der Waals surface area contributed by atoms with Crippen molar-refractivity contribution in [2.45, 2.75) is 24.6 Å². The molecule has 1 saturated carbocycles. The van der Waals surface area contributed by atoms with Gasteiger partial charge in [-0.3, -0.25) is 9.69 Å². The van der Waals surface area contributed by atoms with Crippen LogP contribution in [0.1, 0.15) is 19.8 Å². The van der Waals surface area contributed by atoms with Crippen LogP contribution in [0.25, 0.3) is 0 Å². The number of rotatable bonds is 3. The zero-order chi connectivity index (χ0) is 10.8. The summed E-state index contributed by atoms with van der Waals surface area (Å²) >= 11 is 3.34. The summed E-state index contributed by atoms with van der Waals surface area (Å²) in [4.78, 5) is 16.1. The molecule has 2 aliphatic rings. The SMILES string of the molecule is CC(Br)C(=O)N1CCN(CC2CC2)CC1. The van der Waals surface area contributed by atoms with Crippen LogP contribution in [0.5, 0.6) is 0 Å². The van der Waals surface area contributed by atoms with Crippen molar-refractivity contribution in [1.29, 1.82) is 0 Å². The second-order valence-electron chi connectivity index (χ2n) is 4.69. The van der Waals surface area contributed by atoms with Crippen LogP contribution in [-0.4, -0.2) is 53.3 Å². The van der Waals surface area contributed by atoms with Crippen LogP contribution < -0.4 is 0 Å². The Morgan fingerprint density at radius 1 is 1.33 bits per heavy atom. The van der Waals surface area contributed by atoms with E-state index < -0.39 is 0 Å². The summed E-state index contributed by atoms with van der Waals surface area (Å²) in [6.45, 7) is 7.08. The first-order valence-corrected chi connectivity index (χ1v) is 6.73. The number of hydrogen-bond acceptors (Lipinski definition) is 2. The molecule has 2 fully saturated rings. The van der Waals surface area contributed by atoms with Gasteiger partial charge in [-0.1, -0.05) is 15.9 Å². The Labute approximate surface area is 99.9 Å². The number of carbonyl (C=O) groups is 1. The van der Waals surface area contributed by atoms with Crippen molar-refractivity contribution in [2.24, 2.45) is 5.92 Å². The molecule has 3 nitrogen and oxygen atoms in total. The molecule has 0 spiro atoms. The van der Waals surface area contributed by atoms with Gasteiger partial charge in [0.2, 0.25) is 5.91 Å². The molecule has 4 heteroatoms. The lowest BCUT2D eigenvalue weighted by atomic mass is 10.2. The van der Waals surface area contributed by atoms with Crippen molar-refractivity contribution in [3.8, 4) is 0 Å². The number of carbonyl (C=O) groups excluding carboxylic acids is 1. The zero-order valence-electron chi connectivity index (χ0n) is 9.29. The van der Waals surface area contributed by atoms with Crippen molar-refractivity contribution < 1.29 is 4.79 Å². The van der Waals surface area contributed by atoms with Gasteiger partial charge in [0.05, 0.1) is 4.83 Å². The molecule has 1 amide bonds. The topological polar surface area (TPSA) is 23.6 Å². The van der Waals surface area contributed by atoms with E-state index in [1.54, 1.807) is 0 Å². The maximum absolute atomic E-state index is 11.7. The van der Waals surface area contributed by atoms with E-state index in [-0.39, 0.29) is 10.7 Å². The van der Waals surface area contributed by atoms with Crippen molar-refractivity contribution in [3.05, 3.63) is 0 Å². The molecule has 1 unspecified atom stereocenters. The molecule has 2 rings (SSSR count). The molecule has 1 aliphatic carbocycles. The van der Waals surface area contributed by atoms with Crippen LogP contribution in [0.4, 0.5) is 0 Å². The second kappa shape index (κ2) is 4.83. The van der Waals surface area contributed by atoms with Gasteiger partial charge in [-0.2, -0.15) is 0 Å². The molecule has 1 aliphatic heterocycles. The van der Waals surface area contributed by atoms with Gasteiger partial charge < -0.3 is 4.90 Å². The van der Waals surface area contributed by atoms with E-state index in [2.05, 4.69) is 20.8 Å². The number of halogens is 1. The zero-order valence-corrected chi connectivity index (χ0v) is 10.9. The fourth-order valence-electron chi connectivity index (χ4n) is 2.07. The van der Waals surface area contributed by atoms with Crippen molar-refractivity contribution in [1.82, 2.24) is 9.80 Å². The lowest BCUT2D eigenvalue weighted by Gasteiger charge is -2.35. The first-order chi connectivity index (χ1) is 7.16. The van der Waals surface area contributed by atoms with Gasteiger partial charge in [0, 0.05) is 32.7 Å². The van der Waals surface area contributed by atoms with E-state index >= 15 is 0 Å².